The Morgan fingerprint density at radius 1 is 1.09 bits per heavy atom. The molecule has 35 heavy (non-hydrogen) atoms. The normalized spacial score (nSPS) is 20.5. The molecule has 0 aliphatic carbocycles. The van der Waals surface area contributed by atoms with Gasteiger partial charge in [-0.15, -0.1) is 0 Å². The zero-order chi connectivity index (χ0) is 24.9. The van der Waals surface area contributed by atoms with E-state index in [9.17, 15) is 27.2 Å². The predicted molar refractivity (Wildman–Crippen MR) is 115 cm³/mol. The summed E-state index contributed by atoms with van der Waals surface area (Å²) in [7, 11) is 0. The SMILES string of the molecule is Cc1cc(-n2nc(C(F)(F)F)c3c2C(=O)N(C2CCN(N4CCOCC4=O)CC2)CC3)ccc1F. The number of nitrogens with zero attached hydrogens (tertiary/aromatic N) is 5. The van der Waals surface area contributed by atoms with Crippen LogP contribution in [-0.4, -0.2) is 81.9 Å². The molecule has 4 heterocycles. The Morgan fingerprint density at radius 2 is 1.83 bits per heavy atom. The van der Waals surface area contributed by atoms with Crippen molar-refractivity contribution >= 4 is 11.8 Å². The molecule has 188 valence electrons. The Kier molecular flexibility index (Phi) is 6.04. The van der Waals surface area contributed by atoms with E-state index in [0.29, 0.717) is 39.1 Å². The van der Waals surface area contributed by atoms with Crippen molar-refractivity contribution in [3.63, 3.8) is 0 Å². The van der Waals surface area contributed by atoms with Crippen molar-refractivity contribution in [2.45, 2.75) is 38.4 Å². The Hall–Kier alpha value is -2.99. The molecule has 0 saturated carbocycles. The van der Waals surface area contributed by atoms with Crippen LogP contribution in [0, 0.1) is 12.7 Å². The van der Waals surface area contributed by atoms with E-state index in [2.05, 4.69) is 5.10 Å². The molecule has 0 spiro atoms. The number of hydrogen-bond donors (Lipinski definition) is 0. The van der Waals surface area contributed by atoms with Crippen LogP contribution in [0.5, 0.6) is 0 Å². The molecule has 8 nitrogen and oxygen atoms in total. The van der Waals surface area contributed by atoms with E-state index in [0.717, 1.165) is 10.7 Å². The van der Waals surface area contributed by atoms with E-state index < -0.39 is 23.6 Å². The molecule has 1 aromatic carbocycles. The van der Waals surface area contributed by atoms with Crippen LogP contribution < -0.4 is 0 Å². The molecule has 2 aromatic rings. The number of carbonyl (C=O) groups is 2. The van der Waals surface area contributed by atoms with Crippen molar-refractivity contribution < 1.29 is 31.9 Å². The molecule has 2 fully saturated rings. The lowest BCUT2D eigenvalue weighted by atomic mass is 9.97. The van der Waals surface area contributed by atoms with E-state index >= 15 is 0 Å². The molecule has 0 radical (unpaired) electrons. The van der Waals surface area contributed by atoms with Gasteiger partial charge in [0.25, 0.3) is 11.8 Å². The smallest absolute Gasteiger partial charge is 0.370 e. The lowest BCUT2D eigenvalue weighted by molar-refractivity contribution is -0.168. The summed E-state index contributed by atoms with van der Waals surface area (Å²) in [5.74, 6) is -1.12. The number of ether oxygens (including phenoxy) is 1. The predicted octanol–water partition coefficient (Wildman–Crippen LogP) is 2.58. The Bertz CT molecular complexity index is 1160. The van der Waals surface area contributed by atoms with Gasteiger partial charge in [-0.05, 0) is 49.9 Å². The lowest BCUT2D eigenvalue weighted by Crippen LogP contribution is -2.57. The van der Waals surface area contributed by atoms with E-state index in [1.54, 1.807) is 9.91 Å². The third-order valence-corrected chi connectivity index (χ3v) is 6.89. The first-order chi connectivity index (χ1) is 16.6. The number of carbonyl (C=O) groups excluding carboxylic acids is 2. The Labute approximate surface area is 199 Å². The maximum Gasteiger partial charge on any atom is 0.435 e. The quantitative estimate of drug-likeness (QED) is 0.613. The fourth-order valence-electron chi connectivity index (χ4n) is 5.11. The van der Waals surface area contributed by atoms with Gasteiger partial charge in [0.2, 0.25) is 0 Å². The second-order valence-corrected chi connectivity index (χ2v) is 9.02. The van der Waals surface area contributed by atoms with Gasteiger partial charge in [0.15, 0.2) is 5.69 Å². The summed E-state index contributed by atoms with van der Waals surface area (Å²) in [5.41, 5.74) is -0.891. The highest BCUT2D eigenvalue weighted by Gasteiger charge is 2.44. The fourth-order valence-corrected chi connectivity index (χ4v) is 5.11. The average molecular weight is 495 g/mol. The molecule has 5 rings (SSSR count). The third kappa shape index (κ3) is 4.29. The monoisotopic (exact) mass is 495 g/mol. The zero-order valence-corrected chi connectivity index (χ0v) is 19.1. The minimum Gasteiger partial charge on any atom is -0.370 e. The lowest BCUT2D eigenvalue weighted by Gasteiger charge is -2.44. The minimum absolute atomic E-state index is 0.0260. The first kappa shape index (κ1) is 23.7. The van der Waals surface area contributed by atoms with Gasteiger partial charge in [0.1, 0.15) is 18.1 Å². The number of amides is 2. The molecule has 12 heteroatoms. The number of piperidine rings is 1. The van der Waals surface area contributed by atoms with Gasteiger partial charge < -0.3 is 9.64 Å². The molecule has 0 N–H and O–H groups in total. The number of aryl methyl sites for hydroxylation is 1. The molecular weight excluding hydrogens is 470 g/mol. The summed E-state index contributed by atoms with van der Waals surface area (Å²) < 4.78 is 61.3. The van der Waals surface area contributed by atoms with Gasteiger partial charge in [-0.25, -0.2) is 14.1 Å². The number of rotatable bonds is 3. The maximum absolute atomic E-state index is 13.8. The van der Waals surface area contributed by atoms with Crippen molar-refractivity contribution in [1.29, 1.82) is 0 Å². The molecule has 3 aliphatic heterocycles. The highest BCUT2D eigenvalue weighted by molar-refractivity contribution is 5.96. The first-order valence-corrected chi connectivity index (χ1v) is 11.5. The van der Waals surface area contributed by atoms with Crippen LogP contribution in [0.4, 0.5) is 17.6 Å². The van der Waals surface area contributed by atoms with Crippen LogP contribution in [0.1, 0.15) is 40.2 Å². The summed E-state index contributed by atoms with van der Waals surface area (Å²) in [5, 5.41) is 7.40. The van der Waals surface area contributed by atoms with E-state index in [-0.39, 0.29) is 54.0 Å². The molecule has 2 amide bonds. The highest BCUT2D eigenvalue weighted by Crippen LogP contribution is 2.37. The third-order valence-electron chi connectivity index (χ3n) is 6.89. The van der Waals surface area contributed by atoms with E-state index in [1.807, 2.05) is 5.01 Å². The second-order valence-electron chi connectivity index (χ2n) is 9.02. The highest BCUT2D eigenvalue weighted by atomic mass is 19.4. The number of hydrogen-bond acceptors (Lipinski definition) is 5. The molecule has 0 unspecified atom stereocenters. The van der Waals surface area contributed by atoms with Crippen LogP contribution in [0.2, 0.25) is 0 Å². The average Bonchev–Trinajstić information content (AvgIpc) is 3.23. The summed E-state index contributed by atoms with van der Waals surface area (Å²) in [6.45, 7) is 3.75. The van der Waals surface area contributed by atoms with Gasteiger partial charge in [0.05, 0.1) is 18.8 Å². The van der Waals surface area contributed by atoms with Gasteiger partial charge in [-0.3, -0.25) is 14.6 Å². The fraction of sp³-hybridized carbons (Fsp3) is 0.522. The number of halogens is 4. The minimum atomic E-state index is -4.72. The maximum atomic E-state index is 13.8. The van der Waals surface area contributed by atoms with Gasteiger partial charge in [0, 0.05) is 31.2 Å². The van der Waals surface area contributed by atoms with Crippen LogP contribution in [0.3, 0.4) is 0 Å². The Morgan fingerprint density at radius 3 is 2.49 bits per heavy atom. The topological polar surface area (TPSA) is 70.9 Å². The van der Waals surface area contributed by atoms with Crippen molar-refractivity contribution in [3.8, 4) is 5.69 Å². The second kappa shape index (κ2) is 8.90. The van der Waals surface area contributed by atoms with Crippen molar-refractivity contribution in [1.82, 2.24) is 24.7 Å². The van der Waals surface area contributed by atoms with Crippen molar-refractivity contribution in [3.05, 3.63) is 46.5 Å². The van der Waals surface area contributed by atoms with Crippen LogP contribution in [-0.2, 0) is 22.1 Å². The van der Waals surface area contributed by atoms with Crippen molar-refractivity contribution in [2.24, 2.45) is 0 Å². The molecular formula is C23H25F4N5O3. The largest absolute Gasteiger partial charge is 0.435 e. The van der Waals surface area contributed by atoms with Gasteiger partial charge in [-0.2, -0.15) is 18.3 Å². The summed E-state index contributed by atoms with van der Waals surface area (Å²) in [6.07, 6.45) is -3.52. The number of benzene rings is 1. The summed E-state index contributed by atoms with van der Waals surface area (Å²) in [6, 6.07) is 3.68. The molecule has 0 bridgehead atoms. The van der Waals surface area contributed by atoms with E-state index in [1.165, 1.54) is 19.1 Å². The van der Waals surface area contributed by atoms with Crippen LogP contribution >= 0.6 is 0 Å². The first-order valence-electron chi connectivity index (χ1n) is 11.5. The summed E-state index contributed by atoms with van der Waals surface area (Å²) in [4.78, 5) is 27.3. The number of morpholine rings is 1. The van der Waals surface area contributed by atoms with Gasteiger partial charge in [-0.1, -0.05) is 0 Å². The Balaban J connectivity index is 1.41. The zero-order valence-electron chi connectivity index (χ0n) is 19.1. The summed E-state index contributed by atoms with van der Waals surface area (Å²) >= 11 is 0. The molecule has 2 saturated heterocycles. The number of hydrazine groups is 1. The number of fused-ring (bicyclic) bond motifs is 1. The van der Waals surface area contributed by atoms with Crippen LogP contribution in [0.15, 0.2) is 18.2 Å². The molecule has 0 atom stereocenters. The molecule has 3 aliphatic rings. The standard InChI is InChI=1S/C23H25F4N5O3/c1-14-12-16(2-3-18(14)24)32-20-17(21(28-32)23(25,26)27)6-9-30(22(20)34)15-4-7-29(8-5-15)31-10-11-35-13-19(31)33/h2-3,12,15H,4-11,13H2,1H3. The van der Waals surface area contributed by atoms with E-state index in [4.69, 9.17) is 4.74 Å². The molecule has 1 aromatic heterocycles. The van der Waals surface area contributed by atoms with Gasteiger partial charge >= 0.3 is 6.18 Å². The van der Waals surface area contributed by atoms with Crippen LogP contribution in [0.25, 0.3) is 5.69 Å². The van der Waals surface area contributed by atoms with Crippen molar-refractivity contribution in [2.75, 3.05) is 39.4 Å². The number of aromatic nitrogens is 2. The number of alkyl halides is 3.